The van der Waals surface area contributed by atoms with Gasteiger partial charge in [-0.15, -0.1) is 0 Å². The van der Waals surface area contributed by atoms with Crippen LogP contribution in [0.2, 0.25) is 0 Å². The van der Waals surface area contributed by atoms with Gasteiger partial charge in [0.1, 0.15) is 17.4 Å². The van der Waals surface area contributed by atoms with Crippen molar-refractivity contribution in [3.05, 3.63) is 71.6 Å². The number of ketones is 1. The van der Waals surface area contributed by atoms with E-state index < -0.39 is 0 Å². The first-order chi connectivity index (χ1) is 11.7. The molecule has 24 heavy (non-hydrogen) atoms. The lowest BCUT2D eigenvalue weighted by atomic mass is 10.0. The fourth-order valence-corrected chi connectivity index (χ4v) is 2.24. The third kappa shape index (κ3) is 3.13. The van der Waals surface area contributed by atoms with Gasteiger partial charge in [-0.1, -0.05) is 12.1 Å². The van der Waals surface area contributed by atoms with Crippen LogP contribution in [0.25, 0.3) is 17.1 Å². The minimum absolute atomic E-state index is 0.00440. The highest BCUT2D eigenvalue weighted by molar-refractivity contribution is 6.14. The number of carbonyl (C=O) groups excluding carboxylic acids is 1. The average Bonchev–Trinajstić information content (AvgIpc) is 2.65. The minimum atomic E-state index is -0.366. The molecule has 0 atom stereocenters. The molecule has 0 unspecified atom stereocenters. The summed E-state index contributed by atoms with van der Waals surface area (Å²) in [7, 11) is 1.55. The van der Waals surface area contributed by atoms with Crippen molar-refractivity contribution in [2.45, 2.75) is 0 Å². The van der Waals surface area contributed by atoms with E-state index in [-0.39, 0.29) is 11.4 Å². The quantitative estimate of drug-likeness (QED) is 0.419. The zero-order chi connectivity index (χ0) is 16.9. The van der Waals surface area contributed by atoms with Crippen LogP contribution < -0.4 is 4.74 Å². The predicted molar refractivity (Wildman–Crippen MR) is 90.5 cm³/mol. The van der Waals surface area contributed by atoms with Crippen molar-refractivity contribution in [1.82, 2.24) is 9.97 Å². The van der Waals surface area contributed by atoms with Gasteiger partial charge in [-0.3, -0.25) is 9.78 Å². The predicted octanol–water partition coefficient (Wildman–Crippen LogP) is 3.43. The lowest BCUT2D eigenvalue weighted by Crippen LogP contribution is -2.02. The Labute approximate surface area is 138 Å². The van der Waals surface area contributed by atoms with Crippen molar-refractivity contribution >= 4 is 22.9 Å². The molecular weight excluding hydrogens is 302 g/mol. The van der Waals surface area contributed by atoms with E-state index in [1.165, 1.54) is 6.08 Å². The van der Waals surface area contributed by atoms with E-state index >= 15 is 0 Å². The Morgan fingerprint density at radius 1 is 1.12 bits per heavy atom. The number of carbonyl (C=O) groups is 1. The molecular formula is C19H13N3O2. The number of methoxy groups -OCH3 is 1. The van der Waals surface area contributed by atoms with Crippen LogP contribution in [0.3, 0.4) is 0 Å². The number of allylic oxidation sites excluding steroid dienone is 1. The van der Waals surface area contributed by atoms with Gasteiger partial charge in [-0.2, -0.15) is 5.26 Å². The van der Waals surface area contributed by atoms with E-state index in [4.69, 9.17) is 4.74 Å². The fraction of sp³-hybridized carbons (Fsp3) is 0.0526. The summed E-state index contributed by atoms with van der Waals surface area (Å²) in [6.45, 7) is 0. The lowest BCUT2D eigenvalue weighted by Gasteiger charge is -2.02. The number of ether oxygens (including phenoxy) is 1. The molecule has 1 aromatic heterocycles. The largest absolute Gasteiger partial charge is 0.497 e. The Bertz CT molecular complexity index is 970. The highest BCUT2D eigenvalue weighted by Crippen LogP contribution is 2.16. The lowest BCUT2D eigenvalue weighted by molar-refractivity contribution is 0.104. The zero-order valence-electron chi connectivity index (χ0n) is 12.9. The molecule has 0 saturated heterocycles. The average molecular weight is 315 g/mol. The van der Waals surface area contributed by atoms with E-state index in [2.05, 4.69) is 9.97 Å². The number of rotatable bonds is 4. The van der Waals surface area contributed by atoms with Gasteiger partial charge >= 0.3 is 0 Å². The van der Waals surface area contributed by atoms with Crippen molar-refractivity contribution < 1.29 is 9.53 Å². The number of fused-ring (bicyclic) bond motifs is 1. The third-order valence-electron chi connectivity index (χ3n) is 3.48. The summed E-state index contributed by atoms with van der Waals surface area (Å²) < 4.78 is 5.06. The molecule has 1 heterocycles. The number of nitriles is 1. The molecule has 2 aromatic carbocycles. The van der Waals surface area contributed by atoms with Crippen molar-refractivity contribution in [3.8, 4) is 11.8 Å². The van der Waals surface area contributed by atoms with Crippen molar-refractivity contribution in [2.24, 2.45) is 0 Å². The number of hydrogen-bond donors (Lipinski definition) is 0. The molecule has 5 nitrogen and oxygen atoms in total. The molecule has 5 heteroatoms. The number of benzene rings is 2. The minimum Gasteiger partial charge on any atom is -0.497 e. The first kappa shape index (κ1) is 15.4. The molecule has 0 N–H and O–H groups in total. The van der Waals surface area contributed by atoms with Gasteiger partial charge in [0.05, 0.1) is 30.0 Å². The maximum atomic E-state index is 12.5. The van der Waals surface area contributed by atoms with E-state index in [1.807, 2.05) is 30.3 Å². The topological polar surface area (TPSA) is 75.9 Å². The Morgan fingerprint density at radius 2 is 1.83 bits per heavy atom. The number of para-hydroxylation sites is 2. The second-order valence-electron chi connectivity index (χ2n) is 5.01. The van der Waals surface area contributed by atoms with Gasteiger partial charge < -0.3 is 4.74 Å². The first-order valence-electron chi connectivity index (χ1n) is 7.23. The van der Waals surface area contributed by atoms with Crippen LogP contribution in [0.1, 0.15) is 16.1 Å². The molecule has 0 radical (unpaired) electrons. The van der Waals surface area contributed by atoms with Crippen LogP contribution in [-0.4, -0.2) is 22.9 Å². The highest BCUT2D eigenvalue weighted by atomic mass is 16.5. The van der Waals surface area contributed by atoms with Gasteiger partial charge in [0.25, 0.3) is 0 Å². The smallest absolute Gasteiger partial charge is 0.203 e. The summed E-state index contributed by atoms with van der Waals surface area (Å²) in [5, 5.41) is 9.32. The molecule has 0 fully saturated rings. The van der Waals surface area contributed by atoms with Crippen LogP contribution in [0.4, 0.5) is 0 Å². The molecule has 0 bridgehead atoms. The maximum absolute atomic E-state index is 12.5. The van der Waals surface area contributed by atoms with Crippen LogP contribution in [0.5, 0.6) is 5.75 Å². The summed E-state index contributed by atoms with van der Waals surface area (Å²) in [5.41, 5.74) is 2.35. The molecule has 3 aromatic rings. The molecule has 0 aliphatic rings. The fourth-order valence-electron chi connectivity index (χ4n) is 2.24. The molecule has 0 saturated carbocycles. The van der Waals surface area contributed by atoms with Gasteiger partial charge in [-0.05, 0) is 42.5 Å². The Morgan fingerprint density at radius 3 is 2.50 bits per heavy atom. The van der Waals surface area contributed by atoms with Crippen LogP contribution in [0.15, 0.2) is 60.3 Å². The highest BCUT2D eigenvalue weighted by Gasteiger charge is 2.13. The summed E-state index contributed by atoms with van der Waals surface area (Å²) in [4.78, 5) is 21.1. The van der Waals surface area contributed by atoms with E-state index in [1.54, 1.807) is 37.6 Å². The normalized spacial score (nSPS) is 11.1. The Kier molecular flexibility index (Phi) is 4.30. The maximum Gasteiger partial charge on any atom is 0.203 e. The number of nitrogens with zero attached hydrogens (tertiary/aromatic N) is 3. The molecule has 3 rings (SSSR count). The Balaban J connectivity index is 1.95. The SMILES string of the molecule is COc1ccc(C(=O)/C(C#N)=C/c2cnc3ccccc3n2)cc1. The molecule has 0 spiro atoms. The van der Waals surface area contributed by atoms with Crippen LogP contribution in [-0.2, 0) is 0 Å². The number of aromatic nitrogens is 2. The molecule has 0 amide bonds. The monoisotopic (exact) mass is 315 g/mol. The zero-order valence-corrected chi connectivity index (χ0v) is 12.9. The van der Waals surface area contributed by atoms with Gasteiger partial charge in [0, 0.05) is 5.56 Å². The number of Topliss-reactive ketones (excluding diaryl/α,β-unsaturated/α-hetero) is 1. The van der Waals surface area contributed by atoms with Crippen LogP contribution in [0, 0.1) is 11.3 Å². The van der Waals surface area contributed by atoms with Gasteiger partial charge in [-0.25, -0.2) is 4.98 Å². The molecule has 0 aliphatic carbocycles. The van der Waals surface area contributed by atoms with E-state index in [9.17, 15) is 10.1 Å². The summed E-state index contributed by atoms with van der Waals surface area (Å²) >= 11 is 0. The number of hydrogen-bond acceptors (Lipinski definition) is 5. The Hall–Kier alpha value is -3.52. The van der Waals surface area contributed by atoms with Gasteiger partial charge in [0.15, 0.2) is 0 Å². The van der Waals surface area contributed by atoms with E-state index in [0.29, 0.717) is 22.5 Å². The summed E-state index contributed by atoms with van der Waals surface area (Å²) in [6, 6.07) is 16.0. The summed E-state index contributed by atoms with van der Waals surface area (Å²) in [6.07, 6.45) is 2.99. The standard InChI is InChI=1S/C19H13N3O2/c1-24-16-8-6-13(7-9-16)19(23)14(11-20)10-15-12-21-17-4-2-3-5-18(17)22-15/h2-10,12H,1H3/b14-10+. The molecule has 116 valence electrons. The van der Waals surface area contributed by atoms with Crippen LogP contribution >= 0.6 is 0 Å². The summed E-state index contributed by atoms with van der Waals surface area (Å²) in [5.74, 6) is 0.282. The van der Waals surface area contributed by atoms with Crippen molar-refractivity contribution in [1.29, 1.82) is 5.26 Å². The third-order valence-corrected chi connectivity index (χ3v) is 3.48. The van der Waals surface area contributed by atoms with E-state index in [0.717, 1.165) is 5.52 Å². The van der Waals surface area contributed by atoms with Gasteiger partial charge in [0.2, 0.25) is 5.78 Å². The second kappa shape index (κ2) is 6.71. The first-order valence-corrected chi connectivity index (χ1v) is 7.23. The second-order valence-corrected chi connectivity index (χ2v) is 5.01. The van der Waals surface area contributed by atoms with Crippen molar-refractivity contribution in [3.63, 3.8) is 0 Å². The van der Waals surface area contributed by atoms with Crippen molar-refractivity contribution in [2.75, 3.05) is 7.11 Å². The molecule has 0 aliphatic heterocycles.